The normalized spacial score (nSPS) is 32.1. The summed E-state index contributed by atoms with van der Waals surface area (Å²) in [6, 6.07) is 0. The van der Waals surface area contributed by atoms with Crippen molar-refractivity contribution in [1.29, 1.82) is 0 Å². The van der Waals surface area contributed by atoms with Crippen molar-refractivity contribution in [2.45, 2.75) is 61.4 Å². The van der Waals surface area contributed by atoms with Crippen molar-refractivity contribution in [3.63, 3.8) is 0 Å². The molecular formula is C12H22O32S7. The van der Waals surface area contributed by atoms with Gasteiger partial charge in [-0.3, -0.25) is 31.9 Å². The van der Waals surface area contributed by atoms with Crippen LogP contribution in [0.1, 0.15) is 0 Å². The first-order chi connectivity index (χ1) is 22.5. The van der Waals surface area contributed by atoms with Crippen molar-refractivity contribution in [1.82, 2.24) is 0 Å². The van der Waals surface area contributed by atoms with Gasteiger partial charge in [-0.2, -0.15) is 58.9 Å². The Bertz CT molecular complexity index is 2000. The van der Waals surface area contributed by atoms with Gasteiger partial charge in [0.05, 0.1) is 13.2 Å². The molecule has 0 bridgehead atoms. The maximum absolute atomic E-state index is 11.6. The Morgan fingerprint density at radius 3 is 1.08 bits per heavy atom. The zero-order valence-corrected chi connectivity index (χ0v) is 29.1. The van der Waals surface area contributed by atoms with E-state index in [0.717, 1.165) is 0 Å². The Hall–Kier alpha value is -1.07. The van der Waals surface area contributed by atoms with Crippen LogP contribution in [-0.2, 0) is 116 Å². The molecule has 0 radical (unpaired) electrons. The molecular weight excluding hydrogens is 881 g/mol. The number of aliphatic hydroxyl groups excluding tert-OH is 1. The fraction of sp³-hybridized carbons (Fsp3) is 1.00. The van der Waals surface area contributed by atoms with E-state index in [0.29, 0.717) is 0 Å². The summed E-state index contributed by atoms with van der Waals surface area (Å²) in [5.41, 5.74) is 0. The van der Waals surface area contributed by atoms with Gasteiger partial charge in [-0.15, -0.1) is 0 Å². The van der Waals surface area contributed by atoms with Gasteiger partial charge in [-0.05, 0) is 0 Å². The molecule has 8 N–H and O–H groups in total. The maximum atomic E-state index is 11.6. The van der Waals surface area contributed by atoms with Crippen LogP contribution in [0.15, 0.2) is 0 Å². The zero-order chi connectivity index (χ0) is 39.8. The van der Waals surface area contributed by atoms with Crippen LogP contribution in [0.5, 0.6) is 0 Å². The highest BCUT2D eigenvalue weighted by Crippen LogP contribution is 2.34. The summed E-state index contributed by atoms with van der Waals surface area (Å²) in [6.07, 6.45) is -29.2. The predicted molar refractivity (Wildman–Crippen MR) is 142 cm³/mol. The minimum Gasteiger partial charge on any atom is -0.366 e. The van der Waals surface area contributed by atoms with Gasteiger partial charge in [0, 0.05) is 0 Å². The molecule has 0 spiro atoms. The lowest BCUT2D eigenvalue weighted by Crippen LogP contribution is -2.64. The molecule has 304 valence electrons. The highest BCUT2D eigenvalue weighted by Gasteiger charge is 2.56. The maximum Gasteiger partial charge on any atom is 0.397 e. The van der Waals surface area contributed by atoms with Crippen molar-refractivity contribution >= 4 is 72.8 Å². The standard InChI is InChI=1S/C12H22O32S7/c13-11-9(43-50(29,30)31)7(41-48(23,24)25)5(39-46(17,18)19)3(37-11)1-35-12-10(44-51(32,33)34)8(42-49(26,27)28)6(40-47(20,21)22)4(38-12)2-36-45(14,15)16/h3-13H,1-2H2,(H,14,15,16)(H,17,18,19)(H,20,21,22)(H,23,24,25)(H,26,27,28)(H,29,30,31)(H,32,33,34)/t3?,4?,5-,6-,7?,8?,9?,10?,11+,12+/m1/s1. The van der Waals surface area contributed by atoms with Crippen molar-refractivity contribution < 1.29 is 139 Å². The number of rotatable bonds is 18. The van der Waals surface area contributed by atoms with E-state index < -0.39 is 147 Å². The molecule has 2 rings (SSSR count). The van der Waals surface area contributed by atoms with Gasteiger partial charge in [0.15, 0.2) is 24.8 Å². The molecule has 0 aromatic heterocycles. The second-order valence-electron chi connectivity index (χ2n) is 9.09. The molecule has 51 heavy (non-hydrogen) atoms. The molecule has 32 nitrogen and oxygen atoms in total. The summed E-state index contributed by atoms with van der Waals surface area (Å²) in [5.74, 6) is 0. The van der Waals surface area contributed by atoms with Crippen molar-refractivity contribution in [3.05, 3.63) is 0 Å². The average Bonchev–Trinajstić information content (AvgIpc) is 2.84. The van der Waals surface area contributed by atoms with E-state index in [1.54, 1.807) is 0 Å². The fourth-order valence-corrected chi connectivity index (χ4v) is 7.32. The van der Waals surface area contributed by atoms with E-state index in [2.05, 4.69) is 29.3 Å². The summed E-state index contributed by atoms with van der Waals surface area (Å²) < 4.78 is 267. The molecule has 39 heteroatoms. The molecule has 0 aromatic rings. The highest BCUT2D eigenvalue weighted by molar-refractivity contribution is 7.82. The lowest BCUT2D eigenvalue weighted by molar-refractivity contribution is -0.313. The van der Waals surface area contributed by atoms with E-state index in [1.807, 2.05) is 0 Å². The molecule has 2 saturated heterocycles. The molecule has 6 unspecified atom stereocenters. The second-order valence-corrected chi connectivity index (χ2v) is 16.5. The van der Waals surface area contributed by atoms with Gasteiger partial charge in [0.1, 0.15) is 36.6 Å². The van der Waals surface area contributed by atoms with Gasteiger partial charge in [0.2, 0.25) is 0 Å². The Morgan fingerprint density at radius 2 is 0.706 bits per heavy atom. The van der Waals surface area contributed by atoms with Crippen LogP contribution in [0.3, 0.4) is 0 Å². The Labute approximate surface area is 286 Å². The quantitative estimate of drug-likeness (QED) is 0.0593. The van der Waals surface area contributed by atoms with E-state index >= 15 is 0 Å². The minimum absolute atomic E-state index is 1.70. The third-order valence-electron chi connectivity index (χ3n) is 5.40. The van der Waals surface area contributed by atoms with Crippen LogP contribution in [-0.4, -0.2) is 171 Å². The topological polar surface area (TPSA) is 493 Å². The average molecular weight is 903 g/mol. The first-order valence-corrected chi connectivity index (χ1v) is 21.2. The first kappa shape index (κ1) is 46.1. The molecule has 0 amide bonds. The van der Waals surface area contributed by atoms with Crippen LogP contribution in [0.2, 0.25) is 0 Å². The Morgan fingerprint density at radius 1 is 0.392 bits per heavy atom. The second kappa shape index (κ2) is 16.3. The van der Waals surface area contributed by atoms with Crippen molar-refractivity contribution in [2.24, 2.45) is 0 Å². The van der Waals surface area contributed by atoms with Crippen LogP contribution in [0.4, 0.5) is 0 Å². The molecule has 0 saturated carbocycles. The van der Waals surface area contributed by atoms with Gasteiger partial charge in [-0.1, -0.05) is 0 Å². The van der Waals surface area contributed by atoms with Crippen LogP contribution < -0.4 is 0 Å². The summed E-state index contributed by atoms with van der Waals surface area (Å²) >= 11 is 0. The molecule has 2 fully saturated rings. The third kappa shape index (κ3) is 16.9. The van der Waals surface area contributed by atoms with E-state index in [9.17, 15) is 77.7 Å². The summed E-state index contributed by atoms with van der Waals surface area (Å²) in [7, 11) is -41.0. The van der Waals surface area contributed by atoms with E-state index in [1.165, 1.54) is 0 Å². The summed E-state index contributed by atoms with van der Waals surface area (Å²) in [6.45, 7) is -3.46. The van der Waals surface area contributed by atoms with Gasteiger partial charge in [-0.25, -0.2) is 29.3 Å². The van der Waals surface area contributed by atoms with Crippen molar-refractivity contribution in [3.8, 4) is 0 Å². The first-order valence-electron chi connectivity index (χ1n) is 11.7. The molecule has 2 aliphatic rings. The fourth-order valence-electron chi connectivity index (χ4n) is 4.02. The Kier molecular flexibility index (Phi) is 14.8. The Balaban J connectivity index is 2.72. The smallest absolute Gasteiger partial charge is 0.366 e. The SMILES string of the molecule is O=S(=O)(O)OCC1O[C@H](OCC2O[C@H](O)C(OS(=O)(=O)O)C(OS(=O)(=O)O)[C@@H]2OS(=O)(=O)O)C(OS(=O)(=O)O)C(OS(=O)(=O)O)[C@@H]1OS(=O)(=O)O. The lowest BCUT2D eigenvalue weighted by atomic mass is 9.98. The summed E-state index contributed by atoms with van der Waals surface area (Å²) in [5, 5.41) is 10.2. The molecule has 10 atom stereocenters. The lowest BCUT2D eigenvalue weighted by Gasteiger charge is -2.44. The van der Waals surface area contributed by atoms with Gasteiger partial charge in [0.25, 0.3) is 0 Å². The third-order valence-corrected chi connectivity index (χ3v) is 8.63. The van der Waals surface area contributed by atoms with Gasteiger partial charge < -0.3 is 19.3 Å². The van der Waals surface area contributed by atoms with Gasteiger partial charge >= 0.3 is 72.8 Å². The molecule has 2 heterocycles. The summed E-state index contributed by atoms with van der Waals surface area (Å²) in [4.78, 5) is 0. The number of hydrogen-bond acceptors (Lipinski definition) is 25. The number of aliphatic hydroxyl groups is 1. The predicted octanol–water partition coefficient (Wildman–Crippen LogP) is -6.61. The highest BCUT2D eigenvalue weighted by atomic mass is 32.3. The van der Waals surface area contributed by atoms with Crippen LogP contribution in [0, 0.1) is 0 Å². The zero-order valence-electron chi connectivity index (χ0n) is 23.4. The number of hydrogen-bond donors (Lipinski definition) is 8. The largest absolute Gasteiger partial charge is 0.397 e. The van der Waals surface area contributed by atoms with Crippen molar-refractivity contribution in [2.75, 3.05) is 13.2 Å². The minimum atomic E-state index is -5.99. The number of ether oxygens (including phenoxy) is 3. The monoisotopic (exact) mass is 902 g/mol. The van der Waals surface area contributed by atoms with Crippen LogP contribution >= 0.6 is 0 Å². The van der Waals surface area contributed by atoms with E-state index in [-0.39, 0.29) is 0 Å². The molecule has 0 aliphatic carbocycles. The van der Waals surface area contributed by atoms with Crippen LogP contribution in [0.25, 0.3) is 0 Å². The molecule has 2 aliphatic heterocycles. The molecule has 0 aromatic carbocycles. The van der Waals surface area contributed by atoms with E-state index in [4.69, 9.17) is 32.4 Å².